The smallest absolute Gasteiger partial charge is 0.137 e. The highest BCUT2D eigenvalue weighted by molar-refractivity contribution is 5.80. The second-order valence-electron chi connectivity index (χ2n) is 7.08. The Labute approximate surface area is 170 Å². The summed E-state index contributed by atoms with van der Waals surface area (Å²) in [6.07, 6.45) is 0. The monoisotopic (exact) mass is 395 g/mol. The summed E-state index contributed by atoms with van der Waals surface area (Å²) in [5.74, 6) is 2.39. The highest BCUT2D eigenvalue weighted by Gasteiger charge is 2.13. The average molecular weight is 395 g/mol. The zero-order valence-electron chi connectivity index (χ0n) is 16.9. The number of methoxy groups -OCH3 is 2. The molecule has 0 spiro atoms. The molecule has 3 aromatic rings. The third kappa shape index (κ3) is 4.60. The Morgan fingerprint density at radius 3 is 2.38 bits per heavy atom. The molecule has 1 aliphatic heterocycles. The summed E-state index contributed by atoms with van der Waals surface area (Å²) in [6, 6.07) is 15.7. The van der Waals surface area contributed by atoms with Gasteiger partial charge in [-0.2, -0.15) is 0 Å². The normalized spacial score (nSPS) is 15.6. The fourth-order valence-electron chi connectivity index (χ4n) is 3.55. The minimum Gasteiger partial charge on any atom is -0.497 e. The van der Waals surface area contributed by atoms with Crippen LogP contribution >= 0.6 is 0 Å². The summed E-state index contributed by atoms with van der Waals surface area (Å²) >= 11 is 0. The van der Waals surface area contributed by atoms with E-state index < -0.39 is 0 Å². The Hall–Kier alpha value is -2.83. The molecule has 6 heteroatoms. The number of benzene rings is 2. The van der Waals surface area contributed by atoms with Crippen molar-refractivity contribution < 1.29 is 23.5 Å². The van der Waals surface area contributed by atoms with Crippen molar-refractivity contribution in [3.63, 3.8) is 0 Å². The maximum absolute atomic E-state index is 6.18. The number of hydrogen-bond acceptors (Lipinski definition) is 5. The van der Waals surface area contributed by atoms with Crippen LogP contribution in [-0.4, -0.2) is 53.6 Å². The number of nitrogens with one attached hydrogen (secondary N) is 1. The highest BCUT2D eigenvalue weighted by atomic mass is 16.5. The minimum atomic E-state index is 0.758. The number of rotatable bonds is 6. The van der Waals surface area contributed by atoms with Crippen molar-refractivity contribution in [2.24, 2.45) is 4.99 Å². The molecule has 1 N–H and O–H groups in total. The van der Waals surface area contributed by atoms with Crippen molar-refractivity contribution in [1.29, 1.82) is 0 Å². The Bertz CT molecular complexity index is 1020. The molecule has 152 valence electrons. The third-order valence-electron chi connectivity index (χ3n) is 5.27. The van der Waals surface area contributed by atoms with Crippen LogP contribution in [0.4, 0.5) is 0 Å². The number of hydrogen-bond donors (Lipinski definition) is 1. The molecule has 1 aromatic heterocycles. The summed E-state index contributed by atoms with van der Waals surface area (Å²) in [7, 11) is 3.33. The van der Waals surface area contributed by atoms with Crippen LogP contribution in [0.25, 0.3) is 22.3 Å². The second kappa shape index (κ2) is 9.11. The lowest BCUT2D eigenvalue weighted by Gasteiger charge is -2.22. The maximum Gasteiger partial charge on any atom is 0.137 e. The first-order valence-electron chi connectivity index (χ1n) is 9.95. The molecular formula is C23H27N2O4+. The van der Waals surface area contributed by atoms with Gasteiger partial charge in [-0.25, -0.2) is 0 Å². The van der Waals surface area contributed by atoms with E-state index in [1.807, 2.05) is 48.5 Å². The van der Waals surface area contributed by atoms with Crippen molar-refractivity contribution in [2.75, 3.05) is 53.6 Å². The van der Waals surface area contributed by atoms with Gasteiger partial charge in [0.25, 0.3) is 0 Å². The van der Waals surface area contributed by atoms with E-state index in [1.54, 1.807) is 14.2 Å². The van der Waals surface area contributed by atoms with Crippen LogP contribution in [0, 0.1) is 0 Å². The average Bonchev–Trinajstić information content (AvgIpc) is 2.79. The molecule has 4 rings (SSSR count). The zero-order chi connectivity index (χ0) is 20.1. The molecule has 1 fully saturated rings. The van der Waals surface area contributed by atoms with Crippen LogP contribution in [0.1, 0.15) is 0 Å². The number of fused-ring (bicyclic) bond motifs is 1. The summed E-state index contributed by atoms with van der Waals surface area (Å²) in [5.41, 5.74) is 1.77. The van der Waals surface area contributed by atoms with Crippen molar-refractivity contribution in [3.05, 3.63) is 53.9 Å². The quantitative estimate of drug-likeness (QED) is 0.693. The van der Waals surface area contributed by atoms with E-state index in [0.717, 1.165) is 78.5 Å². The SMILES string of the molecule is COc1ccc(-c2cc(=NCC[NH+]3CCOCC3)c3cc(OC)ccc3o2)cc1. The standard InChI is InChI=1S/C23H26N2O4/c1-26-18-5-3-17(4-6-18)23-16-21(24-9-10-25-11-13-28-14-12-25)20-15-19(27-2)7-8-22(20)29-23/h3-8,15-16H,9-14H2,1-2H3/p+1. The predicted octanol–water partition coefficient (Wildman–Crippen LogP) is 1.93. The van der Waals surface area contributed by atoms with Gasteiger partial charge in [0.05, 0.1) is 45.9 Å². The molecule has 0 atom stereocenters. The summed E-state index contributed by atoms with van der Waals surface area (Å²) in [6.45, 7) is 5.52. The van der Waals surface area contributed by atoms with E-state index in [1.165, 1.54) is 4.90 Å². The van der Waals surface area contributed by atoms with E-state index >= 15 is 0 Å². The predicted molar refractivity (Wildman–Crippen MR) is 112 cm³/mol. The van der Waals surface area contributed by atoms with E-state index in [2.05, 4.69) is 0 Å². The van der Waals surface area contributed by atoms with Crippen LogP contribution in [-0.2, 0) is 4.74 Å². The molecule has 1 aliphatic rings. The first-order chi connectivity index (χ1) is 14.3. The van der Waals surface area contributed by atoms with Crippen LogP contribution < -0.4 is 19.7 Å². The molecule has 0 saturated carbocycles. The van der Waals surface area contributed by atoms with Gasteiger partial charge in [0.15, 0.2) is 0 Å². The van der Waals surface area contributed by atoms with Crippen LogP contribution in [0.5, 0.6) is 11.5 Å². The summed E-state index contributed by atoms with van der Waals surface area (Å²) < 4.78 is 22.3. The Morgan fingerprint density at radius 2 is 1.66 bits per heavy atom. The van der Waals surface area contributed by atoms with Gasteiger partial charge in [0.2, 0.25) is 0 Å². The summed E-state index contributed by atoms with van der Waals surface area (Å²) in [4.78, 5) is 6.46. The lowest BCUT2D eigenvalue weighted by atomic mass is 10.1. The third-order valence-corrected chi connectivity index (χ3v) is 5.27. The molecule has 0 unspecified atom stereocenters. The van der Waals surface area contributed by atoms with Crippen molar-refractivity contribution in [2.45, 2.75) is 0 Å². The topological polar surface area (TPSA) is 57.6 Å². The van der Waals surface area contributed by atoms with E-state index in [0.29, 0.717) is 0 Å². The van der Waals surface area contributed by atoms with Crippen LogP contribution in [0.15, 0.2) is 57.9 Å². The molecule has 0 amide bonds. The zero-order valence-corrected chi connectivity index (χ0v) is 16.9. The fraction of sp³-hybridized carbons (Fsp3) is 0.348. The first-order valence-corrected chi connectivity index (χ1v) is 9.95. The Balaban J connectivity index is 1.70. The van der Waals surface area contributed by atoms with Crippen molar-refractivity contribution in [3.8, 4) is 22.8 Å². The van der Waals surface area contributed by atoms with E-state index in [4.69, 9.17) is 23.6 Å². The summed E-state index contributed by atoms with van der Waals surface area (Å²) in [5, 5.41) is 1.88. The molecule has 0 radical (unpaired) electrons. The maximum atomic E-state index is 6.18. The minimum absolute atomic E-state index is 0.758. The van der Waals surface area contributed by atoms with Gasteiger partial charge in [-0.05, 0) is 42.5 Å². The lowest BCUT2D eigenvalue weighted by molar-refractivity contribution is -0.906. The molecular weight excluding hydrogens is 368 g/mol. The van der Waals surface area contributed by atoms with Gasteiger partial charge in [-0.3, -0.25) is 4.99 Å². The molecule has 0 bridgehead atoms. The van der Waals surface area contributed by atoms with Gasteiger partial charge in [0, 0.05) is 17.0 Å². The van der Waals surface area contributed by atoms with Gasteiger partial charge in [0.1, 0.15) is 35.9 Å². The van der Waals surface area contributed by atoms with Gasteiger partial charge in [-0.1, -0.05) is 0 Å². The molecule has 1 saturated heterocycles. The molecule has 29 heavy (non-hydrogen) atoms. The number of morpholine rings is 1. The number of nitrogens with zero attached hydrogens (tertiary/aromatic N) is 1. The van der Waals surface area contributed by atoms with Gasteiger partial charge in [-0.15, -0.1) is 0 Å². The second-order valence-corrected chi connectivity index (χ2v) is 7.08. The Morgan fingerprint density at radius 1 is 0.931 bits per heavy atom. The fourth-order valence-corrected chi connectivity index (χ4v) is 3.55. The van der Waals surface area contributed by atoms with Gasteiger partial charge >= 0.3 is 0 Å². The molecule has 2 heterocycles. The number of quaternary nitrogens is 1. The van der Waals surface area contributed by atoms with E-state index in [-0.39, 0.29) is 0 Å². The largest absolute Gasteiger partial charge is 0.497 e. The highest BCUT2D eigenvalue weighted by Crippen LogP contribution is 2.26. The van der Waals surface area contributed by atoms with Crippen LogP contribution in [0.2, 0.25) is 0 Å². The lowest BCUT2D eigenvalue weighted by Crippen LogP contribution is -3.14. The van der Waals surface area contributed by atoms with Crippen molar-refractivity contribution >= 4 is 11.0 Å². The molecule has 0 aliphatic carbocycles. The first kappa shape index (κ1) is 19.5. The van der Waals surface area contributed by atoms with Crippen molar-refractivity contribution in [1.82, 2.24) is 0 Å². The number of ether oxygens (including phenoxy) is 3. The molecule has 2 aromatic carbocycles. The Kier molecular flexibility index (Phi) is 6.12. The molecule has 6 nitrogen and oxygen atoms in total. The van der Waals surface area contributed by atoms with E-state index in [9.17, 15) is 0 Å². The van der Waals surface area contributed by atoms with Crippen LogP contribution in [0.3, 0.4) is 0 Å². The van der Waals surface area contributed by atoms with Gasteiger partial charge < -0.3 is 23.5 Å².